The van der Waals surface area contributed by atoms with Crippen molar-refractivity contribution in [1.29, 1.82) is 0 Å². The van der Waals surface area contributed by atoms with E-state index in [9.17, 15) is 0 Å². The van der Waals surface area contributed by atoms with Crippen molar-refractivity contribution >= 4 is 5.69 Å². The molecule has 2 N–H and O–H groups in total. The van der Waals surface area contributed by atoms with E-state index < -0.39 is 0 Å². The van der Waals surface area contributed by atoms with Gasteiger partial charge in [-0.05, 0) is 37.3 Å². The van der Waals surface area contributed by atoms with Gasteiger partial charge in [-0.1, -0.05) is 18.6 Å². The summed E-state index contributed by atoms with van der Waals surface area (Å²) in [6.45, 7) is 2.63. The number of fused-ring (bicyclic) bond motifs is 1. The highest BCUT2D eigenvalue weighted by Crippen LogP contribution is 2.38. The smallest absolute Gasteiger partial charge is 0.142 e. The van der Waals surface area contributed by atoms with Gasteiger partial charge in [0.05, 0.1) is 12.3 Å². The second kappa shape index (κ2) is 5.19. The predicted molar refractivity (Wildman–Crippen MR) is 74.1 cm³/mol. The molecule has 18 heavy (non-hydrogen) atoms. The number of nitrogens with zero attached hydrogens (tertiary/aromatic N) is 1. The molecule has 1 saturated carbocycles. The zero-order valence-corrected chi connectivity index (χ0v) is 10.8. The lowest BCUT2D eigenvalue weighted by Gasteiger charge is -2.41. The first-order valence-electron chi connectivity index (χ1n) is 7.08. The normalized spacial score (nSPS) is 21.5. The van der Waals surface area contributed by atoms with Crippen molar-refractivity contribution in [2.24, 2.45) is 11.7 Å². The summed E-state index contributed by atoms with van der Waals surface area (Å²) in [4.78, 5) is 2.49. The van der Waals surface area contributed by atoms with Crippen molar-refractivity contribution in [2.45, 2.75) is 31.7 Å². The quantitative estimate of drug-likeness (QED) is 0.890. The van der Waals surface area contributed by atoms with Crippen molar-refractivity contribution in [2.75, 3.05) is 24.6 Å². The van der Waals surface area contributed by atoms with Crippen LogP contribution in [0.25, 0.3) is 0 Å². The first-order chi connectivity index (χ1) is 8.90. The summed E-state index contributed by atoms with van der Waals surface area (Å²) in [5.74, 6) is 1.80. The third-order valence-corrected chi connectivity index (χ3v) is 4.31. The Morgan fingerprint density at radius 2 is 2.11 bits per heavy atom. The van der Waals surface area contributed by atoms with E-state index in [1.54, 1.807) is 0 Å². The first-order valence-corrected chi connectivity index (χ1v) is 7.08. The number of nitrogens with two attached hydrogens (primary N) is 1. The third kappa shape index (κ3) is 2.07. The number of hydrogen-bond acceptors (Lipinski definition) is 3. The number of hydrogen-bond donors (Lipinski definition) is 1. The molecule has 1 aromatic rings. The molecule has 0 spiro atoms. The van der Waals surface area contributed by atoms with Crippen LogP contribution >= 0.6 is 0 Å². The minimum absolute atomic E-state index is 0.488. The molecular weight excluding hydrogens is 224 g/mol. The molecular formula is C15H22N2O. The van der Waals surface area contributed by atoms with Crippen LogP contribution in [0.5, 0.6) is 5.75 Å². The Morgan fingerprint density at radius 1 is 1.28 bits per heavy atom. The average Bonchev–Trinajstić information content (AvgIpc) is 2.56. The van der Waals surface area contributed by atoms with E-state index in [0.29, 0.717) is 6.04 Å². The Kier molecular flexibility index (Phi) is 3.41. The van der Waals surface area contributed by atoms with Crippen LogP contribution in [0.15, 0.2) is 24.3 Å². The Hall–Kier alpha value is -1.22. The van der Waals surface area contributed by atoms with Crippen LogP contribution in [0.1, 0.15) is 25.7 Å². The zero-order valence-electron chi connectivity index (χ0n) is 10.8. The lowest BCUT2D eigenvalue weighted by atomic mass is 9.79. The highest BCUT2D eigenvalue weighted by Gasteiger charge is 2.32. The van der Waals surface area contributed by atoms with Gasteiger partial charge in [0, 0.05) is 19.1 Å². The van der Waals surface area contributed by atoms with Crippen molar-refractivity contribution in [3.63, 3.8) is 0 Å². The predicted octanol–water partition coefficient (Wildman–Crippen LogP) is 2.40. The molecule has 3 nitrogen and oxygen atoms in total. The van der Waals surface area contributed by atoms with Crippen molar-refractivity contribution < 1.29 is 4.74 Å². The van der Waals surface area contributed by atoms with Crippen LogP contribution < -0.4 is 15.4 Å². The number of benzene rings is 1. The van der Waals surface area contributed by atoms with Crippen LogP contribution in [0.2, 0.25) is 0 Å². The second-order valence-corrected chi connectivity index (χ2v) is 5.36. The van der Waals surface area contributed by atoms with E-state index in [2.05, 4.69) is 23.1 Å². The number of rotatable bonds is 3. The molecule has 0 saturated heterocycles. The summed E-state index contributed by atoms with van der Waals surface area (Å²) < 4.78 is 5.82. The Labute approximate surface area is 109 Å². The van der Waals surface area contributed by atoms with Crippen LogP contribution in [0, 0.1) is 5.92 Å². The largest absolute Gasteiger partial charge is 0.491 e. The monoisotopic (exact) mass is 246 g/mol. The molecule has 98 valence electrons. The van der Waals surface area contributed by atoms with Crippen molar-refractivity contribution in [3.8, 4) is 5.75 Å². The van der Waals surface area contributed by atoms with E-state index in [1.165, 1.54) is 24.9 Å². The Balaban J connectivity index is 1.89. The van der Waals surface area contributed by atoms with Gasteiger partial charge >= 0.3 is 0 Å². The average molecular weight is 246 g/mol. The molecule has 1 unspecified atom stereocenters. The second-order valence-electron chi connectivity index (χ2n) is 5.36. The molecule has 1 aliphatic heterocycles. The van der Waals surface area contributed by atoms with Gasteiger partial charge in [0.25, 0.3) is 0 Å². The molecule has 1 atom stereocenters. The molecule has 2 aliphatic rings. The topological polar surface area (TPSA) is 38.5 Å². The fourth-order valence-corrected chi connectivity index (χ4v) is 3.10. The first kappa shape index (κ1) is 11.8. The van der Waals surface area contributed by atoms with Crippen LogP contribution in [0.4, 0.5) is 5.69 Å². The standard InChI is InChI=1S/C15H22N2O/c16-11-14(12-5-3-6-12)17-9-4-10-18-15-8-2-1-7-13(15)17/h1-2,7-8,12,14H,3-6,9-11,16H2. The van der Waals surface area contributed by atoms with E-state index in [4.69, 9.17) is 10.5 Å². The van der Waals surface area contributed by atoms with E-state index in [-0.39, 0.29) is 0 Å². The lowest BCUT2D eigenvalue weighted by Crippen LogP contribution is -2.48. The summed E-state index contributed by atoms with van der Waals surface area (Å²) in [5.41, 5.74) is 7.27. The number of para-hydroxylation sites is 2. The van der Waals surface area contributed by atoms with Crippen molar-refractivity contribution in [1.82, 2.24) is 0 Å². The number of ether oxygens (including phenoxy) is 1. The van der Waals surface area contributed by atoms with Gasteiger partial charge in [0.1, 0.15) is 5.75 Å². The molecule has 1 aromatic carbocycles. The molecule has 3 heteroatoms. The van der Waals surface area contributed by atoms with Crippen molar-refractivity contribution in [3.05, 3.63) is 24.3 Å². The summed E-state index contributed by atoms with van der Waals surface area (Å²) >= 11 is 0. The SMILES string of the molecule is NCC(C1CCC1)N1CCCOc2ccccc21. The van der Waals surface area contributed by atoms with E-state index >= 15 is 0 Å². The van der Waals surface area contributed by atoms with Gasteiger partial charge in [-0.25, -0.2) is 0 Å². The van der Waals surface area contributed by atoms with Gasteiger partial charge in [-0.15, -0.1) is 0 Å². The Bertz CT molecular complexity index is 403. The fraction of sp³-hybridized carbons (Fsp3) is 0.600. The fourth-order valence-electron chi connectivity index (χ4n) is 3.10. The lowest BCUT2D eigenvalue weighted by molar-refractivity contribution is 0.254. The van der Waals surface area contributed by atoms with Crippen LogP contribution in [-0.4, -0.2) is 25.7 Å². The van der Waals surface area contributed by atoms with Gasteiger partial charge in [0.15, 0.2) is 0 Å². The highest BCUT2D eigenvalue weighted by molar-refractivity contribution is 5.59. The molecule has 3 rings (SSSR count). The maximum Gasteiger partial charge on any atom is 0.142 e. The maximum absolute atomic E-state index is 6.04. The summed E-state index contributed by atoms with van der Waals surface area (Å²) in [5, 5.41) is 0. The van der Waals surface area contributed by atoms with Gasteiger partial charge in [0.2, 0.25) is 0 Å². The third-order valence-electron chi connectivity index (χ3n) is 4.31. The van der Waals surface area contributed by atoms with Gasteiger partial charge in [-0.3, -0.25) is 0 Å². The molecule has 0 amide bonds. The molecule has 0 aromatic heterocycles. The van der Waals surface area contributed by atoms with Crippen LogP contribution in [0.3, 0.4) is 0 Å². The Morgan fingerprint density at radius 3 is 2.83 bits per heavy atom. The van der Waals surface area contributed by atoms with Gasteiger partial charge in [-0.2, -0.15) is 0 Å². The minimum atomic E-state index is 0.488. The summed E-state index contributed by atoms with van der Waals surface area (Å²) in [6.07, 6.45) is 5.12. The summed E-state index contributed by atoms with van der Waals surface area (Å²) in [7, 11) is 0. The molecule has 1 heterocycles. The molecule has 1 aliphatic carbocycles. The maximum atomic E-state index is 6.04. The zero-order chi connectivity index (χ0) is 12.4. The number of anilines is 1. The van der Waals surface area contributed by atoms with E-state index in [1.807, 2.05) is 6.07 Å². The van der Waals surface area contributed by atoms with Crippen LogP contribution in [-0.2, 0) is 0 Å². The molecule has 1 fully saturated rings. The van der Waals surface area contributed by atoms with E-state index in [0.717, 1.165) is 37.8 Å². The molecule has 0 bridgehead atoms. The summed E-state index contributed by atoms with van der Waals surface area (Å²) in [6, 6.07) is 8.86. The highest BCUT2D eigenvalue weighted by atomic mass is 16.5. The van der Waals surface area contributed by atoms with Gasteiger partial charge < -0.3 is 15.4 Å². The minimum Gasteiger partial charge on any atom is -0.491 e. The molecule has 0 radical (unpaired) electrons.